The van der Waals surface area contributed by atoms with E-state index in [0.717, 1.165) is 0 Å². The van der Waals surface area contributed by atoms with Crippen molar-refractivity contribution < 1.29 is 14.0 Å². The van der Waals surface area contributed by atoms with Gasteiger partial charge in [-0.05, 0) is 12.1 Å². The number of hydrazine groups is 1. The molecule has 0 aliphatic rings. The summed E-state index contributed by atoms with van der Waals surface area (Å²) in [5.74, 6) is 2.98. The van der Waals surface area contributed by atoms with E-state index in [4.69, 9.17) is 5.84 Å². The SMILES string of the molecule is NNC(=O)CC(=O)Nc1ccccc1F. The van der Waals surface area contributed by atoms with Crippen molar-refractivity contribution in [1.29, 1.82) is 0 Å². The first-order valence-corrected chi connectivity index (χ1v) is 4.17. The number of benzene rings is 1. The van der Waals surface area contributed by atoms with Gasteiger partial charge in [0, 0.05) is 0 Å². The molecule has 0 spiro atoms. The molecular formula is C9H10FN3O2. The summed E-state index contributed by atoms with van der Waals surface area (Å²) in [4.78, 5) is 21.8. The largest absolute Gasteiger partial charge is 0.323 e. The number of hydrogen-bond acceptors (Lipinski definition) is 3. The Balaban J connectivity index is 2.59. The zero-order chi connectivity index (χ0) is 11.3. The topological polar surface area (TPSA) is 84.2 Å². The van der Waals surface area contributed by atoms with E-state index in [9.17, 15) is 14.0 Å². The molecule has 1 rings (SSSR count). The van der Waals surface area contributed by atoms with E-state index in [2.05, 4.69) is 5.32 Å². The summed E-state index contributed by atoms with van der Waals surface area (Å²) >= 11 is 0. The predicted molar refractivity (Wildman–Crippen MR) is 52.0 cm³/mol. The Morgan fingerprint density at radius 3 is 2.53 bits per heavy atom. The number of anilines is 1. The van der Waals surface area contributed by atoms with Gasteiger partial charge in [0.25, 0.3) is 0 Å². The van der Waals surface area contributed by atoms with Crippen LogP contribution in [0.1, 0.15) is 6.42 Å². The molecule has 0 unspecified atom stereocenters. The molecule has 15 heavy (non-hydrogen) atoms. The molecule has 0 aliphatic heterocycles. The standard InChI is InChI=1S/C9H10FN3O2/c10-6-3-1-2-4-7(6)12-8(14)5-9(15)13-11/h1-4H,5,11H2,(H,12,14)(H,13,15). The molecule has 0 radical (unpaired) electrons. The van der Waals surface area contributed by atoms with Gasteiger partial charge in [-0.15, -0.1) is 0 Å². The number of hydrogen-bond donors (Lipinski definition) is 3. The van der Waals surface area contributed by atoms with Gasteiger partial charge in [-0.3, -0.25) is 15.0 Å². The van der Waals surface area contributed by atoms with Crippen LogP contribution >= 0.6 is 0 Å². The highest BCUT2D eigenvalue weighted by atomic mass is 19.1. The second-order valence-electron chi connectivity index (χ2n) is 2.77. The van der Waals surface area contributed by atoms with E-state index in [-0.39, 0.29) is 5.69 Å². The van der Waals surface area contributed by atoms with Crippen LogP contribution in [0.15, 0.2) is 24.3 Å². The molecule has 0 atom stereocenters. The van der Waals surface area contributed by atoms with Crippen molar-refractivity contribution in [3.63, 3.8) is 0 Å². The molecule has 0 fully saturated rings. The first-order chi connectivity index (χ1) is 7.13. The zero-order valence-corrected chi connectivity index (χ0v) is 7.79. The maximum absolute atomic E-state index is 13.0. The van der Waals surface area contributed by atoms with E-state index < -0.39 is 24.1 Å². The highest BCUT2D eigenvalue weighted by Gasteiger charge is 2.09. The van der Waals surface area contributed by atoms with Crippen LogP contribution in [0.3, 0.4) is 0 Å². The van der Waals surface area contributed by atoms with Crippen molar-refractivity contribution in [2.24, 2.45) is 5.84 Å². The van der Waals surface area contributed by atoms with Crippen LogP contribution in [0.4, 0.5) is 10.1 Å². The average molecular weight is 211 g/mol. The number of carbonyl (C=O) groups excluding carboxylic acids is 2. The Morgan fingerprint density at radius 1 is 1.27 bits per heavy atom. The summed E-state index contributed by atoms with van der Waals surface area (Å²) < 4.78 is 13.0. The number of para-hydroxylation sites is 1. The monoisotopic (exact) mass is 211 g/mol. The molecule has 1 aromatic rings. The van der Waals surface area contributed by atoms with E-state index in [1.165, 1.54) is 18.2 Å². The smallest absolute Gasteiger partial charge is 0.243 e. The van der Waals surface area contributed by atoms with Gasteiger partial charge in [0.15, 0.2) is 0 Å². The second-order valence-corrected chi connectivity index (χ2v) is 2.77. The van der Waals surface area contributed by atoms with Gasteiger partial charge in [-0.2, -0.15) is 0 Å². The number of carbonyl (C=O) groups is 2. The Labute approximate surface area is 85.4 Å². The van der Waals surface area contributed by atoms with Crippen LogP contribution in [0.5, 0.6) is 0 Å². The van der Waals surface area contributed by atoms with Crippen LogP contribution in [0.2, 0.25) is 0 Å². The summed E-state index contributed by atoms with van der Waals surface area (Å²) in [6.45, 7) is 0. The minimum absolute atomic E-state index is 0.0346. The summed E-state index contributed by atoms with van der Waals surface area (Å²) in [7, 11) is 0. The van der Waals surface area contributed by atoms with Gasteiger partial charge in [0.1, 0.15) is 12.2 Å². The van der Waals surface area contributed by atoms with Crippen molar-refractivity contribution in [1.82, 2.24) is 5.43 Å². The van der Waals surface area contributed by atoms with Gasteiger partial charge in [-0.1, -0.05) is 12.1 Å². The van der Waals surface area contributed by atoms with E-state index in [1.54, 1.807) is 11.5 Å². The number of amides is 2. The Morgan fingerprint density at radius 2 is 1.93 bits per heavy atom. The van der Waals surface area contributed by atoms with E-state index in [0.29, 0.717) is 0 Å². The van der Waals surface area contributed by atoms with E-state index >= 15 is 0 Å². The molecule has 0 aromatic heterocycles. The van der Waals surface area contributed by atoms with Crippen molar-refractivity contribution in [3.05, 3.63) is 30.1 Å². The number of halogens is 1. The minimum Gasteiger partial charge on any atom is -0.323 e. The Kier molecular flexibility index (Phi) is 3.75. The number of rotatable bonds is 3. The third-order valence-corrected chi connectivity index (χ3v) is 1.63. The second kappa shape index (κ2) is 5.06. The fourth-order valence-corrected chi connectivity index (χ4v) is 0.954. The van der Waals surface area contributed by atoms with Crippen molar-refractivity contribution in [3.8, 4) is 0 Å². The molecule has 1 aromatic carbocycles. The lowest BCUT2D eigenvalue weighted by Crippen LogP contribution is -2.33. The molecule has 80 valence electrons. The molecule has 2 amide bonds. The summed E-state index contributed by atoms with van der Waals surface area (Å²) in [6, 6.07) is 5.67. The normalized spacial score (nSPS) is 9.47. The first kappa shape index (κ1) is 11.1. The first-order valence-electron chi connectivity index (χ1n) is 4.17. The molecule has 0 saturated carbocycles. The molecule has 0 heterocycles. The van der Waals surface area contributed by atoms with Crippen LogP contribution in [0.25, 0.3) is 0 Å². The van der Waals surface area contributed by atoms with Crippen LogP contribution < -0.4 is 16.6 Å². The molecule has 5 nitrogen and oxygen atoms in total. The molecule has 0 aliphatic carbocycles. The van der Waals surface area contributed by atoms with Gasteiger partial charge in [0.05, 0.1) is 5.69 Å². The maximum atomic E-state index is 13.0. The lowest BCUT2D eigenvalue weighted by atomic mass is 10.3. The minimum atomic E-state index is -0.635. The highest BCUT2D eigenvalue weighted by Crippen LogP contribution is 2.12. The molecule has 0 saturated heterocycles. The summed E-state index contributed by atoms with van der Waals surface area (Å²) in [5, 5.41) is 2.25. The number of nitrogens with one attached hydrogen (secondary N) is 2. The van der Waals surface area contributed by atoms with E-state index in [1.807, 2.05) is 0 Å². The molecule has 0 bridgehead atoms. The van der Waals surface area contributed by atoms with Gasteiger partial charge in [-0.25, -0.2) is 10.2 Å². The van der Waals surface area contributed by atoms with Gasteiger partial charge < -0.3 is 5.32 Å². The highest BCUT2D eigenvalue weighted by molar-refractivity contribution is 6.03. The fourth-order valence-electron chi connectivity index (χ4n) is 0.954. The third kappa shape index (κ3) is 3.35. The van der Waals surface area contributed by atoms with Gasteiger partial charge >= 0.3 is 0 Å². The molecule has 4 N–H and O–H groups in total. The van der Waals surface area contributed by atoms with Crippen LogP contribution in [-0.2, 0) is 9.59 Å². The number of nitrogens with two attached hydrogens (primary N) is 1. The van der Waals surface area contributed by atoms with Gasteiger partial charge in [0.2, 0.25) is 11.8 Å². The van der Waals surface area contributed by atoms with Crippen molar-refractivity contribution in [2.45, 2.75) is 6.42 Å². The van der Waals surface area contributed by atoms with Crippen molar-refractivity contribution >= 4 is 17.5 Å². The van der Waals surface area contributed by atoms with Crippen LogP contribution in [-0.4, -0.2) is 11.8 Å². The summed E-state index contributed by atoms with van der Waals surface area (Å²) in [6.07, 6.45) is -0.440. The zero-order valence-electron chi connectivity index (χ0n) is 7.79. The quantitative estimate of drug-likeness (QED) is 0.288. The molecule has 6 heteroatoms. The lowest BCUT2D eigenvalue weighted by Gasteiger charge is -2.04. The molecular weight excluding hydrogens is 201 g/mol. The maximum Gasteiger partial charge on any atom is 0.243 e. The predicted octanol–water partition coefficient (Wildman–Crippen LogP) is 0.144. The Bertz CT molecular complexity index is 381. The Hall–Kier alpha value is -1.95. The average Bonchev–Trinajstić information content (AvgIpc) is 2.21. The lowest BCUT2D eigenvalue weighted by molar-refractivity contribution is -0.126. The fraction of sp³-hybridized carbons (Fsp3) is 0.111. The summed E-state index contributed by atoms with van der Waals surface area (Å²) in [5.41, 5.74) is 1.84. The third-order valence-electron chi connectivity index (χ3n) is 1.63. The van der Waals surface area contributed by atoms with Crippen molar-refractivity contribution in [2.75, 3.05) is 5.32 Å². The van der Waals surface area contributed by atoms with Crippen LogP contribution in [0, 0.1) is 5.82 Å².